The summed E-state index contributed by atoms with van der Waals surface area (Å²) in [5.74, 6) is -0.924. The minimum atomic E-state index is -4.76. The van der Waals surface area contributed by atoms with Gasteiger partial charge in [0, 0.05) is 22.1 Å². The standard InChI is InChI=1S/C25H15F6NO4S/c1-23(2)12-8-7-11(24(26,27)28)9-14(12)32-17(23)10-15-18(21(32)34)19(33)20(22(35)36-15)37-16-6-4-3-5-13(16)25(29,30)31/h3-10,33H,1-2H3. The molecule has 0 fully saturated rings. The first-order chi connectivity index (χ1) is 17.1. The van der Waals surface area contributed by atoms with Gasteiger partial charge >= 0.3 is 18.0 Å². The first-order valence-electron chi connectivity index (χ1n) is 10.6. The van der Waals surface area contributed by atoms with Crippen LogP contribution in [0.25, 0.3) is 16.7 Å². The maximum absolute atomic E-state index is 13.6. The molecule has 0 saturated carbocycles. The van der Waals surface area contributed by atoms with Crippen molar-refractivity contribution >= 4 is 22.7 Å². The van der Waals surface area contributed by atoms with E-state index in [1.54, 1.807) is 13.8 Å². The monoisotopic (exact) mass is 539 g/mol. The van der Waals surface area contributed by atoms with Gasteiger partial charge in [0.05, 0.1) is 16.8 Å². The lowest BCUT2D eigenvalue weighted by atomic mass is 9.83. The lowest BCUT2D eigenvalue weighted by Crippen LogP contribution is -2.24. The molecule has 3 heterocycles. The molecular formula is C25H15F6NO4S. The number of hydrogen-bond acceptors (Lipinski definition) is 5. The van der Waals surface area contributed by atoms with Crippen molar-refractivity contribution in [3.8, 4) is 11.4 Å². The number of hydrogen-bond donors (Lipinski definition) is 1. The number of rotatable bonds is 2. The topological polar surface area (TPSA) is 72.4 Å². The van der Waals surface area contributed by atoms with E-state index in [0.29, 0.717) is 5.56 Å². The van der Waals surface area contributed by atoms with Gasteiger partial charge < -0.3 is 9.52 Å². The Labute approximate surface area is 208 Å². The van der Waals surface area contributed by atoms with Crippen LogP contribution in [0.1, 0.15) is 36.2 Å². The number of nitrogens with zero attached hydrogens (tertiary/aromatic N) is 1. The Bertz CT molecular complexity index is 1720. The molecule has 2 aromatic carbocycles. The molecule has 0 amide bonds. The average Bonchev–Trinajstić information content (AvgIpc) is 3.02. The zero-order valence-electron chi connectivity index (χ0n) is 18.9. The van der Waals surface area contributed by atoms with Crippen molar-refractivity contribution in [2.45, 2.75) is 41.4 Å². The van der Waals surface area contributed by atoms with Gasteiger partial charge in [0.2, 0.25) is 0 Å². The molecular weight excluding hydrogens is 524 g/mol. The van der Waals surface area contributed by atoms with Crippen LogP contribution < -0.4 is 11.2 Å². The summed E-state index contributed by atoms with van der Waals surface area (Å²) in [4.78, 5) is 25.2. The highest BCUT2D eigenvalue weighted by molar-refractivity contribution is 7.99. The minimum Gasteiger partial charge on any atom is -0.505 e. The Morgan fingerprint density at radius 3 is 2.27 bits per heavy atom. The summed E-state index contributed by atoms with van der Waals surface area (Å²) in [7, 11) is 0. The molecule has 5 nitrogen and oxygen atoms in total. The van der Waals surface area contributed by atoms with Crippen LogP contribution in [0.5, 0.6) is 5.75 Å². The third kappa shape index (κ3) is 3.81. The summed E-state index contributed by atoms with van der Waals surface area (Å²) in [6, 6.07) is 8.55. The number of aromatic hydroxyl groups is 1. The fourth-order valence-corrected chi connectivity index (χ4v) is 5.47. The summed E-state index contributed by atoms with van der Waals surface area (Å²) >= 11 is 0.269. The second-order valence-electron chi connectivity index (χ2n) is 8.93. The Morgan fingerprint density at radius 1 is 0.946 bits per heavy atom. The molecule has 2 aromatic heterocycles. The molecule has 0 spiro atoms. The summed E-state index contributed by atoms with van der Waals surface area (Å²) in [6.45, 7) is 3.33. The Balaban J connectivity index is 1.78. The van der Waals surface area contributed by atoms with Gasteiger partial charge in [-0.15, -0.1) is 0 Å². The lowest BCUT2D eigenvalue weighted by Gasteiger charge is -2.20. The largest absolute Gasteiger partial charge is 0.505 e. The fraction of sp³-hybridized carbons (Fsp3) is 0.200. The third-order valence-corrected chi connectivity index (χ3v) is 7.44. The highest BCUT2D eigenvalue weighted by Crippen LogP contribution is 2.46. The van der Waals surface area contributed by atoms with Crippen LogP contribution in [0, 0.1) is 0 Å². The quantitative estimate of drug-likeness (QED) is 0.296. The lowest BCUT2D eigenvalue weighted by molar-refractivity contribution is -0.140. The molecule has 192 valence electrons. The molecule has 1 aliphatic heterocycles. The van der Waals surface area contributed by atoms with Crippen LogP contribution in [-0.4, -0.2) is 9.67 Å². The third-order valence-electron chi connectivity index (χ3n) is 6.30. The van der Waals surface area contributed by atoms with Gasteiger partial charge in [-0.1, -0.05) is 43.8 Å². The van der Waals surface area contributed by atoms with Crippen molar-refractivity contribution < 1.29 is 35.9 Å². The Hall–Kier alpha value is -3.67. The highest BCUT2D eigenvalue weighted by atomic mass is 32.2. The fourth-order valence-electron chi connectivity index (χ4n) is 4.49. The van der Waals surface area contributed by atoms with E-state index < -0.39 is 61.0 Å². The average molecular weight is 539 g/mol. The SMILES string of the molecule is CC1(C)c2ccc(C(F)(F)F)cc2-n2c1cc1oc(=O)c(Sc3ccccc3C(F)(F)F)c(O)c1c2=O. The maximum atomic E-state index is 13.6. The van der Waals surface area contributed by atoms with Crippen LogP contribution in [0.4, 0.5) is 26.3 Å². The van der Waals surface area contributed by atoms with Gasteiger partial charge in [-0.3, -0.25) is 9.36 Å². The van der Waals surface area contributed by atoms with Crippen LogP contribution in [0.3, 0.4) is 0 Å². The number of fused-ring (bicyclic) bond motifs is 4. The number of aromatic nitrogens is 1. The Kier molecular flexibility index (Phi) is 5.35. The second-order valence-corrected chi connectivity index (χ2v) is 9.98. The van der Waals surface area contributed by atoms with Crippen molar-refractivity contribution in [1.82, 2.24) is 4.57 Å². The van der Waals surface area contributed by atoms with Crippen molar-refractivity contribution in [3.63, 3.8) is 0 Å². The molecule has 0 radical (unpaired) electrons. The number of benzene rings is 2. The Morgan fingerprint density at radius 2 is 1.62 bits per heavy atom. The zero-order valence-corrected chi connectivity index (χ0v) is 19.7. The molecule has 0 bridgehead atoms. The molecule has 0 saturated heterocycles. The number of halogens is 6. The highest BCUT2D eigenvalue weighted by Gasteiger charge is 2.41. The van der Waals surface area contributed by atoms with Crippen LogP contribution in [-0.2, 0) is 17.8 Å². The van der Waals surface area contributed by atoms with Crippen molar-refractivity contribution in [3.05, 3.63) is 91.7 Å². The van der Waals surface area contributed by atoms with Crippen molar-refractivity contribution in [1.29, 1.82) is 0 Å². The summed E-state index contributed by atoms with van der Waals surface area (Å²) in [6.07, 6.45) is -9.45. The van der Waals surface area contributed by atoms with E-state index in [1.165, 1.54) is 18.2 Å². The summed E-state index contributed by atoms with van der Waals surface area (Å²) in [5, 5.41) is 10.4. The molecule has 1 aliphatic rings. The maximum Gasteiger partial charge on any atom is 0.417 e. The molecule has 0 atom stereocenters. The summed E-state index contributed by atoms with van der Waals surface area (Å²) in [5.41, 5.74) is -5.00. The molecule has 5 rings (SSSR count). The minimum absolute atomic E-state index is 0.0658. The number of alkyl halides is 6. The number of pyridine rings is 1. The van der Waals surface area contributed by atoms with E-state index >= 15 is 0 Å². The predicted molar refractivity (Wildman–Crippen MR) is 122 cm³/mol. The zero-order chi connectivity index (χ0) is 27.1. The van der Waals surface area contributed by atoms with E-state index in [1.807, 2.05) is 0 Å². The smallest absolute Gasteiger partial charge is 0.417 e. The van der Waals surface area contributed by atoms with Gasteiger partial charge in [0.15, 0.2) is 5.75 Å². The van der Waals surface area contributed by atoms with Crippen LogP contribution >= 0.6 is 11.8 Å². The van der Waals surface area contributed by atoms with Crippen molar-refractivity contribution in [2.75, 3.05) is 0 Å². The van der Waals surface area contributed by atoms with E-state index in [2.05, 4.69) is 0 Å². The first-order valence-corrected chi connectivity index (χ1v) is 11.5. The van der Waals surface area contributed by atoms with E-state index in [9.17, 15) is 41.0 Å². The van der Waals surface area contributed by atoms with Crippen LogP contribution in [0.2, 0.25) is 0 Å². The second kappa shape index (κ2) is 7.91. The van der Waals surface area contributed by atoms with E-state index in [-0.39, 0.29) is 28.7 Å². The predicted octanol–water partition coefficient (Wildman–Crippen LogP) is 6.48. The molecule has 0 unspecified atom stereocenters. The van der Waals surface area contributed by atoms with Crippen molar-refractivity contribution in [2.24, 2.45) is 0 Å². The molecule has 37 heavy (non-hydrogen) atoms. The normalized spacial score (nSPS) is 14.6. The summed E-state index contributed by atoms with van der Waals surface area (Å²) < 4.78 is 86.8. The molecule has 4 aromatic rings. The first kappa shape index (κ1) is 25.0. The van der Waals surface area contributed by atoms with E-state index in [4.69, 9.17) is 4.42 Å². The molecule has 0 aliphatic carbocycles. The molecule has 12 heteroatoms. The van der Waals surface area contributed by atoms with Gasteiger partial charge in [-0.05, 0) is 29.8 Å². The van der Waals surface area contributed by atoms with Gasteiger partial charge in [-0.25, -0.2) is 4.79 Å². The van der Waals surface area contributed by atoms with Gasteiger partial charge in [-0.2, -0.15) is 26.3 Å². The van der Waals surface area contributed by atoms with E-state index in [0.717, 1.165) is 34.9 Å². The van der Waals surface area contributed by atoms with Crippen LogP contribution in [0.15, 0.2) is 72.3 Å². The van der Waals surface area contributed by atoms with Gasteiger partial charge in [0.25, 0.3) is 5.56 Å². The van der Waals surface area contributed by atoms with Gasteiger partial charge in [0.1, 0.15) is 15.9 Å². The molecule has 1 N–H and O–H groups in total.